The van der Waals surface area contributed by atoms with E-state index in [-0.39, 0.29) is 11.8 Å². The predicted octanol–water partition coefficient (Wildman–Crippen LogP) is 14.9. The number of carbonyl (C=O) groups excluding carboxylic acids is 2. The number of halogens is 1. The Bertz CT molecular complexity index is 2030. The summed E-state index contributed by atoms with van der Waals surface area (Å²) in [6.07, 6.45) is 29.5. The van der Waals surface area contributed by atoms with E-state index >= 15 is 0 Å². The standard InChI is InChI=1S/C55H77BrN2O4/c1-6-10-14-18-20-24-28-41(26-22-16-12-8-3)38-57-52-43-32-34-46-51(48-36-37-49(56)62-48)55(60)58(39-42(27-23-17-13-9-4)29-25-21-19-15-11-7-2)53(46)44(43)31-33-45(52)50(54(57)59)47-35-30-40(5)61-47/h30-37,41-42H,6-29,38-39H2,1-5H3. The third kappa shape index (κ3) is 12.0. The smallest absolute Gasteiger partial charge is 0.262 e. The molecule has 7 heteroatoms. The van der Waals surface area contributed by atoms with Crippen molar-refractivity contribution in [1.82, 2.24) is 0 Å². The number of aryl methyl sites for hydroxylation is 1. The Hall–Kier alpha value is -3.58. The molecule has 2 aliphatic heterocycles. The molecule has 0 radical (unpaired) electrons. The lowest BCUT2D eigenvalue weighted by atomic mass is 9.93. The zero-order valence-corrected chi connectivity index (χ0v) is 40.6. The molecule has 6 rings (SSSR count). The number of hydrogen-bond donors (Lipinski definition) is 0. The van der Waals surface area contributed by atoms with Crippen LogP contribution in [0.5, 0.6) is 0 Å². The summed E-state index contributed by atoms with van der Waals surface area (Å²) in [6, 6.07) is 16.3. The Morgan fingerprint density at radius 1 is 0.468 bits per heavy atom. The molecule has 2 atom stereocenters. The molecule has 0 N–H and O–H groups in total. The number of amides is 2. The first-order chi connectivity index (χ1) is 30.3. The van der Waals surface area contributed by atoms with Crippen LogP contribution in [0.2, 0.25) is 0 Å². The van der Waals surface area contributed by atoms with Crippen LogP contribution in [-0.4, -0.2) is 24.9 Å². The normalized spacial score (nSPS) is 14.8. The van der Waals surface area contributed by atoms with Crippen LogP contribution < -0.4 is 20.2 Å². The molecule has 62 heavy (non-hydrogen) atoms. The van der Waals surface area contributed by atoms with Gasteiger partial charge >= 0.3 is 0 Å². The fourth-order valence-electron chi connectivity index (χ4n) is 10.2. The van der Waals surface area contributed by atoms with E-state index in [0.29, 0.717) is 52.3 Å². The first-order valence-corrected chi connectivity index (χ1v) is 25.9. The molecule has 2 aromatic carbocycles. The summed E-state index contributed by atoms with van der Waals surface area (Å²) in [5.74, 6) is 2.85. The lowest BCUT2D eigenvalue weighted by Crippen LogP contribution is -2.34. The molecule has 2 aliphatic rings. The molecule has 0 bridgehead atoms. The van der Waals surface area contributed by atoms with E-state index in [4.69, 9.17) is 8.83 Å². The maximum absolute atomic E-state index is 15.0. The molecular formula is C55H77BrN2O4. The number of hydrogen-bond acceptors (Lipinski definition) is 4. The van der Waals surface area contributed by atoms with Crippen LogP contribution in [0.25, 0.3) is 21.9 Å². The fraction of sp³-hybridized carbons (Fsp3) is 0.600. The second-order valence-corrected chi connectivity index (χ2v) is 19.4. The van der Waals surface area contributed by atoms with Gasteiger partial charge in [-0.15, -0.1) is 0 Å². The highest BCUT2D eigenvalue weighted by Crippen LogP contribution is 2.40. The van der Waals surface area contributed by atoms with Gasteiger partial charge in [0.2, 0.25) is 0 Å². The molecule has 338 valence electrons. The van der Waals surface area contributed by atoms with Crippen molar-refractivity contribution in [2.75, 3.05) is 22.9 Å². The van der Waals surface area contributed by atoms with Crippen LogP contribution in [0.4, 0.5) is 11.4 Å². The highest BCUT2D eigenvalue weighted by molar-refractivity contribution is 9.10. The third-order valence-electron chi connectivity index (χ3n) is 13.7. The predicted molar refractivity (Wildman–Crippen MR) is 263 cm³/mol. The van der Waals surface area contributed by atoms with Crippen LogP contribution in [0.3, 0.4) is 0 Å². The van der Waals surface area contributed by atoms with E-state index in [1.165, 1.54) is 128 Å². The van der Waals surface area contributed by atoms with Crippen LogP contribution >= 0.6 is 15.9 Å². The van der Waals surface area contributed by atoms with Gasteiger partial charge in [-0.25, -0.2) is 0 Å². The summed E-state index contributed by atoms with van der Waals surface area (Å²) in [7, 11) is 0. The molecule has 2 aromatic heterocycles. The molecule has 0 saturated carbocycles. The van der Waals surface area contributed by atoms with Crippen molar-refractivity contribution in [3.63, 3.8) is 0 Å². The van der Waals surface area contributed by atoms with Crippen molar-refractivity contribution in [3.8, 4) is 0 Å². The number of unbranched alkanes of at least 4 members (excludes halogenated alkanes) is 16. The summed E-state index contributed by atoms with van der Waals surface area (Å²) in [5.41, 5.74) is 3.18. The van der Waals surface area contributed by atoms with Crippen LogP contribution in [-0.2, 0) is 9.59 Å². The minimum absolute atomic E-state index is 0.00803. The highest BCUT2D eigenvalue weighted by Gasteiger charge is 2.38. The number of rotatable bonds is 30. The number of benzene rings is 2. The van der Waals surface area contributed by atoms with Gasteiger partial charge in [-0.1, -0.05) is 180 Å². The van der Waals surface area contributed by atoms with E-state index < -0.39 is 0 Å². The Morgan fingerprint density at radius 3 is 1.21 bits per heavy atom. The van der Waals surface area contributed by atoms with Gasteiger partial charge in [0.25, 0.3) is 11.8 Å². The quantitative estimate of drug-likeness (QED) is 0.0489. The van der Waals surface area contributed by atoms with Gasteiger partial charge in [-0.2, -0.15) is 0 Å². The van der Waals surface area contributed by atoms with Crippen LogP contribution in [0.1, 0.15) is 199 Å². The zero-order chi connectivity index (χ0) is 43.8. The van der Waals surface area contributed by atoms with Gasteiger partial charge in [0.05, 0.1) is 22.5 Å². The maximum atomic E-state index is 15.0. The lowest BCUT2D eigenvalue weighted by Gasteiger charge is -2.28. The Balaban J connectivity index is 1.43. The van der Waals surface area contributed by atoms with E-state index in [2.05, 4.69) is 77.7 Å². The van der Waals surface area contributed by atoms with Crippen LogP contribution in [0.15, 0.2) is 62.0 Å². The van der Waals surface area contributed by atoms with Crippen molar-refractivity contribution >= 4 is 61.0 Å². The highest BCUT2D eigenvalue weighted by atomic mass is 79.9. The number of nitrogens with zero attached hydrogens (tertiary/aromatic N) is 2. The van der Waals surface area contributed by atoms with Gasteiger partial charge in [0.15, 0.2) is 4.67 Å². The van der Waals surface area contributed by atoms with Gasteiger partial charge in [0.1, 0.15) is 17.3 Å². The molecule has 4 heterocycles. The lowest BCUT2D eigenvalue weighted by molar-refractivity contribution is -0.114. The molecule has 2 unspecified atom stereocenters. The second kappa shape index (κ2) is 24.5. The van der Waals surface area contributed by atoms with Gasteiger partial charge in [-0.3, -0.25) is 9.59 Å². The van der Waals surface area contributed by atoms with Gasteiger partial charge in [0, 0.05) is 34.3 Å². The number of carbonyl (C=O) groups is 2. The van der Waals surface area contributed by atoms with Gasteiger partial charge in [-0.05, 0) is 84.6 Å². The molecule has 0 fully saturated rings. The van der Waals surface area contributed by atoms with Gasteiger partial charge < -0.3 is 18.6 Å². The third-order valence-corrected chi connectivity index (χ3v) is 14.1. The maximum Gasteiger partial charge on any atom is 0.262 e. The number of anilines is 2. The zero-order valence-electron chi connectivity index (χ0n) is 39.1. The number of furan rings is 2. The summed E-state index contributed by atoms with van der Waals surface area (Å²) < 4.78 is 13.0. The van der Waals surface area contributed by atoms with Crippen molar-refractivity contribution in [2.24, 2.45) is 11.8 Å². The molecule has 0 spiro atoms. The van der Waals surface area contributed by atoms with Crippen molar-refractivity contribution in [1.29, 1.82) is 0 Å². The Kier molecular flexibility index (Phi) is 18.9. The number of fused-ring (bicyclic) bond motifs is 5. The molecule has 0 aliphatic carbocycles. The average Bonchev–Trinajstić information content (AvgIpc) is 4.03. The van der Waals surface area contributed by atoms with Crippen molar-refractivity contribution in [3.05, 3.63) is 80.9 Å². The Morgan fingerprint density at radius 2 is 0.839 bits per heavy atom. The SMILES string of the molecule is CCCCCCCCC(CCCCCC)CN1C(=O)C(c2ccc(C)o2)=c2ccc3c4c(ccc3c21)=C(c1ccc(Br)o1)C(=O)N4CC(CCCCCC)CCCCCCCC. The van der Waals surface area contributed by atoms with Crippen LogP contribution in [0, 0.1) is 18.8 Å². The van der Waals surface area contributed by atoms with Crippen molar-refractivity contribution in [2.45, 2.75) is 189 Å². The summed E-state index contributed by atoms with van der Waals surface area (Å²) in [4.78, 5) is 34.1. The summed E-state index contributed by atoms with van der Waals surface area (Å²) in [6.45, 7) is 12.4. The first kappa shape index (κ1) is 47.9. The van der Waals surface area contributed by atoms with Crippen molar-refractivity contribution < 1.29 is 18.4 Å². The largest absolute Gasteiger partial charge is 0.461 e. The van der Waals surface area contributed by atoms with E-state index in [9.17, 15) is 9.59 Å². The fourth-order valence-corrected chi connectivity index (χ4v) is 10.5. The monoisotopic (exact) mass is 909 g/mol. The van der Waals surface area contributed by atoms with E-state index in [1.807, 2.05) is 31.2 Å². The molecule has 6 nitrogen and oxygen atoms in total. The second-order valence-electron chi connectivity index (χ2n) is 18.7. The molecule has 2 amide bonds. The summed E-state index contributed by atoms with van der Waals surface area (Å²) >= 11 is 3.52. The molecule has 0 saturated heterocycles. The van der Waals surface area contributed by atoms with E-state index in [1.54, 1.807) is 0 Å². The minimum atomic E-state index is 0.00803. The molecular weight excluding hydrogens is 833 g/mol. The first-order valence-electron chi connectivity index (χ1n) is 25.1. The average molecular weight is 910 g/mol. The minimum Gasteiger partial charge on any atom is -0.461 e. The molecule has 4 aromatic rings. The van der Waals surface area contributed by atoms with E-state index in [0.717, 1.165) is 64.0 Å². The summed E-state index contributed by atoms with van der Waals surface area (Å²) in [5, 5.41) is 3.87. The Labute approximate surface area is 382 Å². The topological polar surface area (TPSA) is 66.9 Å².